The van der Waals surface area contributed by atoms with Crippen LogP contribution < -0.4 is 9.47 Å². The number of halogens is 2. The van der Waals surface area contributed by atoms with E-state index >= 15 is 0 Å². The van der Waals surface area contributed by atoms with Crippen LogP contribution in [0.25, 0.3) is 0 Å². The molecule has 0 bridgehead atoms. The van der Waals surface area contributed by atoms with Crippen molar-refractivity contribution in [3.05, 3.63) is 57.5 Å². The Morgan fingerprint density at radius 1 is 1.05 bits per heavy atom. The van der Waals surface area contributed by atoms with Crippen molar-refractivity contribution in [2.24, 2.45) is 0 Å². The number of aldehydes is 1. The molecule has 0 aliphatic carbocycles. The molecule has 5 heteroatoms. The number of carbonyl (C=O) groups excluding carboxylic acids is 1. The van der Waals surface area contributed by atoms with E-state index in [2.05, 4.69) is 15.9 Å². The van der Waals surface area contributed by atoms with E-state index in [-0.39, 0.29) is 0 Å². The Bertz CT molecular complexity index is 584. The molecule has 0 saturated carbocycles. The lowest BCUT2D eigenvalue weighted by atomic mass is 10.2. The molecule has 0 saturated heterocycles. The van der Waals surface area contributed by atoms with Gasteiger partial charge in [0.2, 0.25) is 0 Å². The largest absolute Gasteiger partial charge is 0.490 e. The van der Waals surface area contributed by atoms with Gasteiger partial charge in [-0.2, -0.15) is 0 Å². The van der Waals surface area contributed by atoms with Gasteiger partial charge in [0, 0.05) is 10.6 Å². The molecule has 0 spiro atoms. The third-order valence-electron chi connectivity index (χ3n) is 2.52. The Hall–Kier alpha value is -1.52. The van der Waals surface area contributed by atoms with Crippen LogP contribution in [0.1, 0.15) is 10.4 Å². The lowest BCUT2D eigenvalue weighted by Crippen LogP contribution is -2.09. The molecule has 2 rings (SSSR count). The molecule has 0 atom stereocenters. The van der Waals surface area contributed by atoms with Gasteiger partial charge in [-0.05, 0) is 58.4 Å². The topological polar surface area (TPSA) is 35.5 Å². The molecule has 0 aromatic heterocycles. The SMILES string of the molecule is O=Cc1ccc(OCCOc2ccc(Cl)cc2)c(Br)c1. The minimum atomic E-state index is 0.404. The standard InChI is InChI=1S/C15H12BrClO3/c16-14-9-11(10-18)1-6-15(14)20-8-7-19-13-4-2-12(17)3-5-13/h1-6,9-10H,7-8H2. The Balaban J connectivity index is 1.81. The maximum atomic E-state index is 10.6. The van der Waals surface area contributed by atoms with Crippen molar-refractivity contribution in [2.75, 3.05) is 13.2 Å². The van der Waals surface area contributed by atoms with Crippen molar-refractivity contribution in [1.82, 2.24) is 0 Å². The van der Waals surface area contributed by atoms with Gasteiger partial charge < -0.3 is 9.47 Å². The number of rotatable bonds is 6. The van der Waals surface area contributed by atoms with Crippen LogP contribution in [0.2, 0.25) is 5.02 Å². The molecule has 0 fully saturated rings. The molecule has 104 valence electrons. The molecule has 0 unspecified atom stereocenters. The summed E-state index contributed by atoms with van der Waals surface area (Å²) in [5.41, 5.74) is 0.599. The van der Waals surface area contributed by atoms with Crippen molar-refractivity contribution in [3.63, 3.8) is 0 Å². The van der Waals surface area contributed by atoms with E-state index in [1.165, 1.54) is 0 Å². The van der Waals surface area contributed by atoms with Crippen LogP contribution in [-0.4, -0.2) is 19.5 Å². The first-order valence-corrected chi connectivity index (χ1v) is 7.12. The minimum Gasteiger partial charge on any atom is -0.490 e. The third kappa shape index (κ3) is 4.25. The van der Waals surface area contributed by atoms with Crippen LogP contribution >= 0.6 is 27.5 Å². The fourth-order valence-electron chi connectivity index (χ4n) is 1.55. The van der Waals surface area contributed by atoms with E-state index in [4.69, 9.17) is 21.1 Å². The Morgan fingerprint density at radius 2 is 1.75 bits per heavy atom. The van der Waals surface area contributed by atoms with Crippen LogP contribution in [0.4, 0.5) is 0 Å². The van der Waals surface area contributed by atoms with Crippen molar-refractivity contribution in [1.29, 1.82) is 0 Å². The summed E-state index contributed by atoms with van der Waals surface area (Å²) in [5.74, 6) is 1.42. The predicted octanol–water partition coefficient (Wildman–Crippen LogP) is 4.37. The average Bonchev–Trinajstić information content (AvgIpc) is 2.46. The molecular weight excluding hydrogens is 344 g/mol. The Morgan fingerprint density at radius 3 is 2.40 bits per heavy atom. The van der Waals surface area contributed by atoms with Crippen LogP contribution in [-0.2, 0) is 0 Å². The highest BCUT2D eigenvalue weighted by atomic mass is 79.9. The van der Waals surface area contributed by atoms with E-state index < -0.39 is 0 Å². The maximum absolute atomic E-state index is 10.6. The molecule has 0 amide bonds. The summed E-state index contributed by atoms with van der Waals surface area (Å²) in [7, 11) is 0. The van der Waals surface area contributed by atoms with E-state index in [0.717, 1.165) is 16.5 Å². The van der Waals surface area contributed by atoms with Crippen LogP contribution in [0.15, 0.2) is 46.9 Å². The number of ether oxygens (including phenoxy) is 2. The highest BCUT2D eigenvalue weighted by Crippen LogP contribution is 2.25. The normalized spacial score (nSPS) is 10.1. The van der Waals surface area contributed by atoms with Gasteiger partial charge in [-0.25, -0.2) is 0 Å². The molecule has 3 nitrogen and oxygen atoms in total. The lowest BCUT2D eigenvalue weighted by Gasteiger charge is -2.10. The van der Waals surface area contributed by atoms with Gasteiger partial charge in [0.1, 0.15) is 31.0 Å². The second kappa shape index (κ2) is 7.31. The van der Waals surface area contributed by atoms with Gasteiger partial charge in [0.25, 0.3) is 0 Å². The van der Waals surface area contributed by atoms with E-state index in [9.17, 15) is 4.79 Å². The second-order valence-electron chi connectivity index (χ2n) is 3.96. The zero-order chi connectivity index (χ0) is 14.4. The lowest BCUT2D eigenvalue weighted by molar-refractivity contribution is 0.112. The smallest absolute Gasteiger partial charge is 0.150 e. The van der Waals surface area contributed by atoms with Gasteiger partial charge in [-0.1, -0.05) is 11.6 Å². The highest BCUT2D eigenvalue weighted by Gasteiger charge is 2.02. The van der Waals surface area contributed by atoms with E-state index in [1.807, 2.05) is 0 Å². The van der Waals surface area contributed by atoms with E-state index in [1.54, 1.807) is 42.5 Å². The molecule has 0 radical (unpaired) electrons. The number of hydrogen-bond acceptors (Lipinski definition) is 3. The first kappa shape index (κ1) is 14.9. The van der Waals surface area contributed by atoms with Crippen molar-refractivity contribution >= 4 is 33.8 Å². The maximum Gasteiger partial charge on any atom is 0.150 e. The zero-order valence-corrected chi connectivity index (χ0v) is 12.9. The fourth-order valence-corrected chi connectivity index (χ4v) is 2.19. The molecule has 0 aliphatic heterocycles. The summed E-state index contributed by atoms with van der Waals surface area (Å²) in [4.78, 5) is 10.6. The van der Waals surface area contributed by atoms with Gasteiger partial charge in [0.05, 0.1) is 4.47 Å². The Labute approximate surface area is 130 Å². The molecule has 0 heterocycles. The molecular formula is C15H12BrClO3. The summed E-state index contributed by atoms with van der Waals surface area (Å²) < 4.78 is 11.8. The Kier molecular flexibility index (Phi) is 5.44. The van der Waals surface area contributed by atoms with Crippen LogP contribution in [0, 0.1) is 0 Å². The molecule has 0 N–H and O–H groups in total. The van der Waals surface area contributed by atoms with Crippen LogP contribution in [0.5, 0.6) is 11.5 Å². The van der Waals surface area contributed by atoms with Crippen LogP contribution in [0.3, 0.4) is 0 Å². The summed E-state index contributed by atoms with van der Waals surface area (Å²) in [5, 5.41) is 0.674. The minimum absolute atomic E-state index is 0.404. The summed E-state index contributed by atoms with van der Waals surface area (Å²) in [6.07, 6.45) is 0.790. The molecule has 20 heavy (non-hydrogen) atoms. The van der Waals surface area contributed by atoms with Gasteiger partial charge in [-0.15, -0.1) is 0 Å². The number of hydrogen-bond donors (Lipinski definition) is 0. The molecule has 0 aliphatic rings. The van der Waals surface area contributed by atoms with Crippen molar-refractivity contribution < 1.29 is 14.3 Å². The predicted molar refractivity (Wildman–Crippen MR) is 82.0 cm³/mol. The zero-order valence-electron chi connectivity index (χ0n) is 10.5. The highest BCUT2D eigenvalue weighted by molar-refractivity contribution is 9.10. The first-order chi connectivity index (χ1) is 9.69. The molecule has 2 aromatic rings. The van der Waals surface area contributed by atoms with Gasteiger partial charge in [-0.3, -0.25) is 4.79 Å². The molecule has 2 aromatic carbocycles. The third-order valence-corrected chi connectivity index (χ3v) is 3.39. The fraction of sp³-hybridized carbons (Fsp3) is 0.133. The van der Waals surface area contributed by atoms with Gasteiger partial charge >= 0.3 is 0 Å². The van der Waals surface area contributed by atoms with E-state index in [0.29, 0.717) is 29.5 Å². The summed E-state index contributed by atoms with van der Waals surface area (Å²) >= 11 is 9.14. The van der Waals surface area contributed by atoms with Crippen molar-refractivity contribution in [3.8, 4) is 11.5 Å². The van der Waals surface area contributed by atoms with Crippen molar-refractivity contribution in [2.45, 2.75) is 0 Å². The summed E-state index contributed by atoms with van der Waals surface area (Å²) in [6, 6.07) is 12.3. The second-order valence-corrected chi connectivity index (χ2v) is 5.25. The average molecular weight is 356 g/mol. The summed E-state index contributed by atoms with van der Waals surface area (Å²) in [6.45, 7) is 0.825. The number of carbonyl (C=O) groups is 1. The van der Waals surface area contributed by atoms with Gasteiger partial charge in [0.15, 0.2) is 0 Å². The number of benzene rings is 2. The quantitative estimate of drug-likeness (QED) is 0.570. The monoisotopic (exact) mass is 354 g/mol. The first-order valence-electron chi connectivity index (χ1n) is 5.95.